The molecule has 0 spiro atoms. The minimum atomic E-state index is 0.342. The minimum Gasteiger partial charge on any atom is -0.269 e. The highest BCUT2D eigenvalue weighted by Gasteiger charge is 2.27. The largest absolute Gasteiger partial charge is 0.269 e. The highest BCUT2D eigenvalue weighted by molar-refractivity contribution is 6.20. The number of rotatable bonds is 5. The Morgan fingerprint density at radius 1 is 1.37 bits per heavy atom. The van der Waals surface area contributed by atoms with Gasteiger partial charge in [-0.25, -0.2) is 0 Å². The van der Waals surface area contributed by atoms with Crippen LogP contribution in [0.5, 0.6) is 0 Å². The van der Waals surface area contributed by atoms with Crippen molar-refractivity contribution in [3.8, 4) is 0 Å². The van der Waals surface area contributed by atoms with E-state index in [1.54, 1.807) is 0 Å². The fourth-order valence-corrected chi connectivity index (χ4v) is 3.61. The van der Waals surface area contributed by atoms with E-state index >= 15 is 0 Å². The molecule has 1 aromatic heterocycles. The summed E-state index contributed by atoms with van der Waals surface area (Å²) in [5.41, 5.74) is 1.22. The topological polar surface area (TPSA) is 17.8 Å². The van der Waals surface area contributed by atoms with Crippen molar-refractivity contribution in [3.05, 3.63) is 18.0 Å². The molecule has 0 aromatic carbocycles. The third kappa shape index (κ3) is 3.75. The van der Waals surface area contributed by atoms with Crippen molar-refractivity contribution in [3.63, 3.8) is 0 Å². The maximum Gasteiger partial charge on any atom is 0.0628 e. The van der Waals surface area contributed by atoms with Gasteiger partial charge in [0.2, 0.25) is 0 Å². The Labute approximate surface area is 122 Å². The zero-order valence-electron chi connectivity index (χ0n) is 12.5. The number of hydrogen-bond acceptors (Lipinski definition) is 1. The van der Waals surface area contributed by atoms with Crippen molar-refractivity contribution >= 4 is 11.6 Å². The molecule has 0 bridgehead atoms. The number of halogens is 1. The van der Waals surface area contributed by atoms with Crippen molar-refractivity contribution in [1.29, 1.82) is 0 Å². The molecule has 2 rings (SSSR count). The van der Waals surface area contributed by atoms with Gasteiger partial charge in [-0.15, -0.1) is 11.6 Å². The molecule has 3 unspecified atom stereocenters. The van der Waals surface area contributed by atoms with E-state index in [0.29, 0.717) is 17.3 Å². The molecule has 3 heteroatoms. The molecule has 1 aromatic rings. The van der Waals surface area contributed by atoms with Gasteiger partial charge in [0.05, 0.1) is 11.7 Å². The Balaban J connectivity index is 1.99. The fraction of sp³-hybridized carbons (Fsp3) is 0.812. The molecular formula is C16H27ClN2. The Kier molecular flexibility index (Phi) is 5.32. The van der Waals surface area contributed by atoms with Gasteiger partial charge in [-0.05, 0) is 56.4 Å². The maximum absolute atomic E-state index is 6.49. The van der Waals surface area contributed by atoms with E-state index in [-0.39, 0.29) is 0 Å². The first-order valence-corrected chi connectivity index (χ1v) is 8.25. The van der Waals surface area contributed by atoms with Crippen LogP contribution in [0.3, 0.4) is 0 Å². The first kappa shape index (κ1) is 14.9. The van der Waals surface area contributed by atoms with E-state index in [9.17, 15) is 0 Å². The van der Waals surface area contributed by atoms with Gasteiger partial charge < -0.3 is 0 Å². The Bertz CT molecular complexity index is 384. The summed E-state index contributed by atoms with van der Waals surface area (Å²) in [5.74, 6) is 1.43. The predicted molar refractivity (Wildman–Crippen MR) is 81.7 cm³/mol. The standard InChI is InChI=1S/C16H27ClN2/c1-4-15(5-2)19-9-8-14(18-19)11-13-10-12(3)6-7-16(13)17/h8-9,12-13,15-16H,4-7,10-11H2,1-3H3. The second-order valence-electron chi connectivity index (χ2n) is 6.16. The molecule has 1 aliphatic carbocycles. The lowest BCUT2D eigenvalue weighted by atomic mass is 9.80. The first-order chi connectivity index (χ1) is 9.13. The van der Waals surface area contributed by atoms with Gasteiger partial charge >= 0.3 is 0 Å². The lowest BCUT2D eigenvalue weighted by molar-refractivity contribution is 0.284. The van der Waals surface area contributed by atoms with E-state index in [2.05, 4.69) is 37.7 Å². The molecule has 19 heavy (non-hydrogen) atoms. The zero-order valence-corrected chi connectivity index (χ0v) is 13.2. The van der Waals surface area contributed by atoms with Crippen LogP contribution in [0.1, 0.15) is 64.6 Å². The molecule has 0 aliphatic heterocycles. The second-order valence-corrected chi connectivity index (χ2v) is 6.72. The third-order valence-electron chi connectivity index (χ3n) is 4.60. The van der Waals surface area contributed by atoms with Crippen LogP contribution in [0.25, 0.3) is 0 Å². The van der Waals surface area contributed by atoms with E-state index in [4.69, 9.17) is 16.7 Å². The normalized spacial score (nSPS) is 27.9. The van der Waals surface area contributed by atoms with Gasteiger partial charge in [0.25, 0.3) is 0 Å². The monoisotopic (exact) mass is 282 g/mol. The molecule has 1 saturated carbocycles. The zero-order chi connectivity index (χ0) is 13.8. The average molecular weight is 283 g/mol. The fourth-order valence-electron chi connectivity index (χ4n) is 3.29. The van der Waals surface area contributed by atoms with Gasteiger partial charge in [0, 0.05) is 11.6 Å². The van der Waals surface area contributed by atoms with Crippen molar-refractivity contribution < 1.29 is 0 Å². The van der Waals surface area contributed by atoms with E-state index in [0.717, 1.165) is 25.2 Å². The molecule has 1 heterocycles. The van der Waals surface area contributed by atoms with Crippen LogP contribution in [-0.4, -0.2) is 15.2 Å². The molecule has 0 saturated heterocycles. The quantitative estimate of drug-likeness (QED) is 0.707. The lowest BCUT2D eigenvalue weighted by Crippen LogP contribution is -2.26. The molecule has 108 valence electrons. The van der Waals surface area contributed by atoms with Gasteiger partial charge in [-0.2, -0.15) is 5.10 Å². The first-order valence-electron chi connectivity index (χ1n) is 7.82. The molecule has 0 amide bonds. The summed E-state index contributed by atoms with van der Waals surface area (Å²) in [6.07, 6.45) is 9.19. The van der Waals surface area contributed by atoms with Crippen LogP contribution in [0, 0.1) is 11.8 Å². The van der Waals surface area contributed by atoms with Crippen molar-refractivity contribution in [2.75, 3.05) is 0 Å². The van der Waals surface area contributed by atoms with Crippen LogP contribution in [0.4, 0.5) is 0 Å². The maximum atomic E-state index is 6.49. The van der Waals surface area contributed by atoms with E-state index in [1.807, 2.05) is 0 Å². The molecule has 0 N–H and O–H groups in total. The third-order valence-corrected chi connectivity index (χ3v) is 5.18. The van der Waals surface area contributed by atoms with Crippen LogP contribution >= 0.6 is 11.6 Å². The van der Waals surface area contributed by atoms with Gasteiger partial charge in [-0.1, -0.05) is 20.8 Å². The van der Waals surface area contributed by atoms with Crippen molar-refractivity contribution in [2.45, 2.75) is 70.7 Å². The number of alkyl halides is 1. The highest BCUT2D eigenvalue weighted by Crippen LogP contribution is 2.34. The minimum absolute atomic E-state index is 0.342. The van der Waals surface area contributed by atoms with Crippen LogP contribution in [-0.2, 0) is 6.42 Å². The molecule has 2 nitrogen and oxygen atoms in total. The Morgan fingerprint density at radius 2 is 2.11 bits per heavy atom. The summed E-state index contributed by atoms with van der Waals surface area (Å²) >= 11 is 6.49. The van der Waals surface area contributed by atoms with Gasteiger partial charge in [-0.3, -0.25) is 4.68 Å². The summed E-state index contributed by atoms with van der Waals surface area (Å²) in [5, 5.41) is 5.11. The Morgan fingerprint density at radius 3 is 2.79 bits per heavy atom. The number of aromatic nitrogens is 2. The van der Waals surface area contributed by atoms with Crippen molar-refractivity contribution in [1.82, 2.24) is 9.78 Å². The molecule has 3 atom stereocenters. The Hall–Kier alpha value is -0.500. The number of nitrogens with zero attached hydrogens (tertiary/aromatic N) is 2. The van der Waals surface area contributed by atoms with Crippen molar-refractivity contribution in [2.24, 2.45) is 11.8 Å². The van der Waals surface area contributed by atoms with Crippen LogP contribution < -0.4 is 0 Å². The van der Waals surface area contributed by atoms with E-state index in [1.165, 1.54) is 25.0 Å². The molecule has 1 aliphatic rings. The van der Waals surface area contributed by atoms with E-state index < -0.39 is 0 Å². The highest BCUT2D eigenvalue weighted by atomic mass is 35.5. The molecule has 0 radical (unpaired) electrons. The average Bonchev–Trinajstić information content (AvgIpc) is 2.84. The SMILES string of the molecule is CCC(CC)n1ccc(CC2CC(C)CCC2Cl)n1. The molecule has 1 fully saturated rings. The number of hydrogen-bond donors (Lipinski definition) is 0. The second kappa shape index (κ2) is 6.78. The smallest absolute Gasteiger partial charge is 0.0628 e. The van der Waals surface area contributed by atoms with Gasteiger partial charge in [0.1, 0.15) is 0 Å². The van der Waals surface area contributed by atoms with Crippen LogP contribution in [0.2, 0.25) is 0 Å². The van der Waals surface area contributed by atoms with Crippen LogP contribution in [0.15, 0.2) is 12.3 Å². The van der Waals surface area contributed by atoms with Gasteiger partial charge in [0.15, 0.2) is 0 Å². The summed E-state index contributed by atoms with van der Waals surface area (Å²) in [7, 11) is 0. The predicted octanol–water partition coefficient (Wildman–Crippen LogP) is 4.83. The summed E-state index contributed by atoms with van der Waals surface area (Å²) in [6, 6.07) is 2.73. The molecular weight excluding hydrogens is 256 g/mol. The summed E-state index contributed by atoms with van der Waals surface area (Å²) in [4.78, 5) is 0. The summed E-state index contributed by atoms with van der Waals surface area (Å²) < 4.78 is 2.14. The lowest BCUT2D eigenvalue weighted by Gasteiger charge is -2.30. The summed E-state index contributed by atoms with van der Waals surface area (Å²) in [6.45, 7) is 6.80.